The summed E-state index contributed by atoms with van der Waals surface area (Å²) in [6, 6.07) is 6.36. The van der Waals surface area contributed by atoms with Gasteiger partial charge in [-0.3, -0.25) is 0 Å². The highest BCUT2D eigenvalue weighted by molar-refractivity contribution is 5.62. The first-order chi connectivity index (χ1) is 9.63. The van der Waals surface area contributed by atoms with Crippen molar-refractivity contribution in [1.82, 2.24) is 4.98 Å². The second-order valence-electron chi connectivity index (χ2n) is 4.13. The van der Waals surface area contributed by atoms with E-state index in [1.165, 1.54) is 19.2 Å². The molecule has 0 atom stereocenters. The lowest BCUT2D eigenvalue weighted by molar-refractivity contribution is 0.397. The number of hydrogen-bond donors (Lipinski definition) is 2. The van der Waals surface area contributed by atoms with Crippen molar-refractivity contribution in [2.75, 3.05) is 25.3 Å². The smallest absolute Gasteiger partial charge is 0.213 e. The van der Waals surface area contributed by atoms with Crippen LogP contribution in [0.3, 0.4) is 0 Å². The average Bonchev–Trinajstić information content (AvgIpc) is 2.46. The van der Waals surface area contributed by atoms with E-state index in [9.17, 15) is 4.39 Å². The topological polar surface area (TPSA) is 69.4 Å². The van der Waals surface area contributed by atoms with Crippen LogP contribution in [0.1, 0.15) is 5.56 Å². The average molecular weight is 277 g/mol. The van der Waals surface area contributed by atoms with E-state index in [2.05, 4.69) is 10.3 Å². The quantitative estimate of drug-likeness (QED) is 0.821. The number of anilines is 2. The van der Waals surface area contributed by atoms with E-state index in [1.54, 1.807) is 19.4 Å². The van der Waals surface area contributed by atoms with E-state index in [1.807, 2.05) is 6.07 Å². The van der Waals surface area contributed by atoms with Crippen molar-refractivity contribution in [2.45, 2.75) is 6.54 Å². The summed E-state index contributed by atoms with van der Waals surface area (Å²) in [5.74, 6) is 0.519. The highest BCUT2D eigenvalue weighted by atomic mass is 19.1. The molecule has 2 aromatic rings. The number of aromatic nitrogens is 1. The molecule has 6 heteroatoms. The SMILES string of the molecule is COc1cc(CNc2cc(OC)c(N)cc2F)ccn1. The van der Waals surface area contributed by atoms with E-state index >= 15 is 0 Å². The Labute approximate surface area is 116 Å². The Hall–Kier alpha value is -2.50. The van der Waals surface area contributed by atoms with Gasteiger partial charge in [-0.15, -0.1) is 0 Å². The largest absolute Gasteiger partial charge is 0.495 e. The maximum absolute atomic E-state index is 13.8. The Balaban J connectivity index is 2.14. The first kappa shape index (κ1) is 13.9. The van der Waals surface area contributed by atoms with Crippen LogP contribution >= 0.6 is 0 Å². The number of rotatable bonds is 5. The summed E-state index contributed by atoms with van der Waals surface area (Å²) in [5.41, 5.74) is 7.14. The molecular weight excluding hydrogens is 261 g/mol. The summed E-state index contributed by atoms with van der Waals surface area (Å²) in [4.78, 5) is 4.01. The van der Waals surface area contributed by atoms with Gasteiger partial charge in [0.05, 0.1) is 25.6 Å². The number of hydrogen-bond acceptors (Lipinski definition) is 5. The minimum atomic E-state index is -0.427. The van der Waals surface area contributed by atoms with E-state index in [4.69, 9.17) is 15.2 Å². The predicted octanol–water partition coefficient (Wildman–Crippen LogP) is 2.43. The van der Waals surface area contributed by atoms with Crippen LogP contribution in [0.2, 0.25) is 0 Å². The highest BCUT2D eigenvalue weighted by Crippen LogP contribution is 2.28. The minimum absolute atomic E-state index is 0.265. The molecule has 3 N–H and O–H groups in total. The van der Waals surface area contributed by atoms with Gasteiger partial charge in [-0.25, -0.2) is 9.37 Å². The van der Waals surface area contributed by atoms with Gasteiger partial charge in [-0.2, -0.15) is 0 Å². The Morgan fingerprint density at radius 1 is 1.25 bits per heavy atom. The molecule has 0 saturated carbocycles. The maximum atomic E-state index is 13.8. The van der Waals surface area contributed by atoms with Crippen LogP contribution < -0.4 is 20.5 Å². The molecule has 0 unspecified atom stereocenters. The summed E-state index contributed by atoms with van der Waals surface area (Å²) in [6.45, 7) is 0.433. The predicted molar refractivity (Wildman–Crippen MR) is 75.5 cm³/mol. The van der Waals surface area contributed by atoms with E-state index in [0.717, 1.165) is 5.56 Å². The molecule has 1 heterocycles. The monoisotopic (exact) mass is 277 g/mol. The fraction of sp³-hybridized carbons (Fsp3) is 0.214. The molecule has 106 valence electrons. The molecule has 2 rings (SSSR count). The lowest BCUT2D eigenvalue weighted by Gasteiger charge is -2.11. The third-order valence-electron chi connectivity index (χ3n) is 2.81. The van der Waals surface area contributed by atoms with Gasteiger partial charge in [0.1, 0.15) is 11.6 Å². The van der Waals surface area contributed by atoms with Crippen LogP contribution in [-0.2, 0) is 6.54 Å². The number of benzene rings is 1. The molecular formula is C14H16FN3O2. The van der Waals surface area contributed by atoms with Crippen molar-refractivity contribution in [3.05, 3.63) is 41.8 Å². The molecule has 0 radical (unpaired) electrons. The van der Waals surface area contributed by atoms with Crippen LogP contribution in [0.25, 0.3) is 0 Å². The van der Waals surface area contributed by atoms with Crippen molar-refractivity contribution in [3.63, 3.8) is 0 Å². The number of methoxy groups -OCH3 is 2. The molecule has 1 aromatic heterocycles. The third kappa shape index (κ3) is 3.09. The zero-order valence-corrected chi connectivity index (χ0v) is 11.3. The molecule has 0 fully saturated rings. The summed E-state index contributed by atoms with van der Waals surface area (Å²) in [5, 5.41) is 2.99. The number of halogens is 1. The molecule has 1 aromatic carbocycles. The molecule has 0 aliphatic carbocycles. The van der Waals surface area contributed by atoms with Gasteiger partial charge in [-0.1, -0.05) is 0 Å². The number of nitrogens with zero attached hydrogens (tertiary/aromatic N) is 1. The maximum Gasteiger partial charge on any atom is 0.213 e. The van der Waals surface area contributed by atoms with Crippen LogP contribution in [0.15, 0.2) is 30.5 Å². The van der Waals surface area contributed by atoms with Crippen LogP contribution in [0.5, 0.6) is 11.6 Å². The molecule has 0 aliphatic heterocycles. The Kier molecular flexibility index (Phi) is 4.24. The van der Waals surface area contributed by atoms with Crippen LogP contribution in [-0.4, -0.2) is 19.2 Å². The zero-order valence-electron chi connectivity index (χ0n) is 11.3. The standard InChI is InChI=1S/C14H16FN3O2/c1-19-13-7-12(10(15)6-11(13)16)18-8-9-3-4-17-14(5-9)20-2/h3-7,18H,8,16H2,1-2H3. The second kappa shape index (κ2) is 6.10. The number of nitrogens with one attached hydrogen (secondary N) is 1. The molecule has 0 aliphatic rings. The summed E-state index contributed by atoms with van der Waals surface area (Å²) in [6.07, 6.45) is 1.63. The van der Waals surface area contributed by atoms with Crippen molar-refractivity contribution in [2.24, 2.45) is 0 Å². The zero-order chi connectivity index (χ0) is 14.5. The number of pyridine rings is 1. The molecule has 0 bridgehead atoms. The summed E-state index contributed by atoms with van der Waals surface area (Å²) < 4.78 is 23.9. The Morgan fingerprint density at radius 2 is 2.05 bits per heavy atom. The number of nitrogens with two attached hydrogens (primary N) is 1. The lowest BCUT2D eigenvalue weighted by atomic mass is 10.2. The molecule has 20 heavy (non-hydrogen) atoms. The lowest BCUT2D eigenvalue weighted by Crippen LogP contribution is -2.04. The summed E-state index contributed by atoms with van der Waals surface area (Å²) >= 11 is 0. The summed E-state index contributed by atoms with van der Waals surface area (Å²) in [7, 11) is 3.03. The molecule has 0 spiro atoms. The number of ether oxygens (including phenoxy) is 2. The van der Waals surface area contributed by atoms with Crippen LogP contribution in [0.4, 0.5) is 15.8 Å². The van der Waals surface area contributed by atoms with Crippen molar-refractivity contribution in [3.8, 4) is 11.6 Å². The molecule has 0 amide bonds. The fourth-order valence-corrected chi connectivity index (χ4v) is 1.75. The van der Waals surface area contributed by atoms with Crippen LogP contribution in [0, 0.1) is 5.82 Å². The van der Waals surface area contributed by atoms with Gasteiger partial charge in [0.25, 0.3) is 0 Å². The van der Waals surface area contributed by atoms with Gasteiger partial charge in [0.2, 0.25) is 5.88 Å². The van der Waals surface area contributed by atoms with Gasteiger partial charge in [0, 0.05) is 30.9 Å². The second-order valence-corrected chi connectivity index (χ2v) is 4.13. The van der Waals surface area contributed by atoms with Gasteiger partial charge < -0.3 is 20.5 Å². The fourth-order valence-electron chi connectivity index (χ4n) is 1.75. The number of nitrogen functional groups attached to an aromatic ring is 1. The van der Waals surface area contributed by atoms with E-state index < -0.39 is 5.82 Å². The van der Waals surface area contributed by atoms with Crippen molar-refractivity contribution < 1.29 is 13.9 Å². The van der Waals surface area contributed by atoms with Crippen molar-refractivity contribution in [1.29, 1.82) is 0 Å². The van der Waals surface area contributed by atoms with Gasteiger partial charge in [0.15, 0.2) is 0 Å². The first-order valence-corrected chi connectivity index (χ1v) is 6.00. The molecule has 0 saturated heterocycles. The molecule has 5 nitrogen and oxygen atoms in total. The first-order valence-electron chi connectivity index (χ1n) is 6.00. The van der Waals surface area contributed by atoms with Crippen molar-refractivity contribution >= 4 is 11.4 Å². The van der Waals surface area contributed by atoms with Gasteiger partial charge in [-0.05, 0) is 11.6 Å². The third-order valence-corrected chi connectivity index (χ3v) is 2.81. The normalized spacial score (nSPS) is 10.2. The van der Waals surface area contributed by atoms with E-state index in [-0.39, 0.29) is 5.69 Å². The highest BCUT2D eigenvalue weighted by Gasteiger charge is 2.08. The van der Waals surface area contributed by atoms with Gasteiger partial charge >= 0.3 is 0 Å². The minimum Gasteiger partial charge on any atom is -0.495 e. The Bertz CT molecular complexity index is 605. The Morgan fingerprint density at radius 3 is 2.75 bits per heavy atom. The van der Waals surface area contributed by atoms with E-state index in [0.29, 0.717) is 23.9 Å².